The molecule has 2 aromatic carbocycles. The summed E-state index contributed by atoms with van der Waals surface area (Å²) >= 11 is 6.46. The first kappa shape index (κ1) is 25.2. The molecule has 0 bridgehead atoms. The Balaban J connectivity index is 1.45. The second kappa shape index (κ2) is 11.7. The molecule has 1 saturated heterocycles. The van der Waals surface area contributed by atoms with Crippen LogP contribution in [0.1, 0.15) is 39.9 Å². The quantitative estimate of drug-likeness (QED) is 0.506. The number of nitrogens with one attached hydrogen (secondary N) is 1. The molecule has 0 saturated carbocycles. The number of likely N-dealkylation sites (N-methyl/N-ethyl adjacent to an activating group) is 1. The summed E-state index contributed by atoms with van der Waals surface area (Å²) in [6.07, 6.45) is 1.19. The van der Waals surface area contributed by atoms with E-state index >= 15 is 0 Å². The zero-order valence-electron chi connectivity index (χ0n) is 19.8. The van der Waals surface area contributed by atoms with E-state index in [4.69, 9.17) is 21.1 Å². The third kappa shape index (κ3) is 5.83. The van der Waals surface area contributed by atoms with Gasteiger partial charge in [-0.2, -0.15) is 0 Å². The summed E-state index contributed by atoms with van der Waals surface area (Å²) in [5.74, 6) is -0.129. The van der Waals surface area contributed by atoms with Gasteiger partial charge in [0, 0.05) is 44.2 Å². The summed E-state index contributed by atoms with van der Waals surface area (Å²) in [6, 6.07) is 10.8. The van der Waals surface area contributed by atoms with Crippen LogP contribution in [0.3, 0.4) is 0 Å². The van der Waals surface area contributed by atoms with Crippen molar-refractivity contribution in [3.63, 3.8) is 0 Å². The first-order chi connectivity index (χ1) is 17.0. The average molecular weight is 500 g/mol. The third-order valence-electron chi connectivity index (χ3n) is 6.43. The van der Waals surface area contributed by atoms with Gasteiger partial charge < -0.3 is 24.5 Å². The Labute approximate surface area is 210 Å². The molecule has 35 heavy (non-hydrogen) atoms. The molecule has 9 heteroatoms. The first-order valence-electron chi connectivity index (χ1n) is 11.8. The van der Waals surface area contributed by atoms with Crippen molar-refractivity contribution in [2.75, 3.05) is 33.4 Å². The number of nitrogens with zero attached hydrogens (tertiary/aromatic N) is 2. The van der Waals surface area contributed by atoms with E-state index in [0.717, 1.165) is 44.7 Å². The molecule has 2 amide bonds. The SMILES string of the molecule is CNC(=O)C(CCC=O)N1Cc2c(ccc(Cl)c2OCc2ccc(CN3CCOCC3)cc2)C1=O. The Kier molecular flexibility index (Phi) is 8.38. The number of halogens is 1. The van der Waals surface area contributed by atoms with Crippen LogP contribution >= 0.6 is 11.6 Å². The maximum absolute atomic E-state index is 13.1. The molecular formula is C26H30ClN3O5. The number of hydrogen-bond donors (Lipinski definition) is 1. The molecule has 4 rings (SSSR count). The highest BCUT2D eigenvalue weighted by atomic mass is 35.5. The van der Waals surface area contributed by atoms with E-state index in [-0.39, 0.29) is 31.2 Å². The minimum absolute atomic E-state index is 0.184. The number of aldehydes is 1. The maximum atomic E-state index is 13.1. The first-order valence-corrected chi connectivity index (χ1v) is 12.2. The highest BCUT2D eigenvalue weighted by molar-refractivity contribution is 6.32. The average Bonchev–Trinajstić information content (AvgIpc) is 3.21. The Hall–Kier alpha value is -2.94. The molecule has 8 nitrogen and oxygen atoms in total. The van der Waals surface area contributed by atoms with E-state index in [9.17, 15) is 14.4 Å². The predicted octanol–water partition coefficient (Wildman–Crippen LogP) is 2.80. The van der Waals surface area contributed by atoms with Gasteiger partial charge in [0.05, 0.1) is 24.8 Å². The fraction of sp³-hybridized carbons (Fsp3) is 0.423. The Morgan fingerprint density at radius 1 is 1.17 bits per heavy atom. The minimum Gasteiger partial charge on any atom is -0.487 e. The molecule has 2 aromatic rings. The number of fused-ring (bicyclic) bond motifs is 1. The van der Waals surface area contributed by atoms with Crippen molar-refractivity contribution in [1.82, 2.24) is 15.1 Å². The highest BCUT2D eigenvalue weighted by Gasteiger charge is 2.38. The molecule has 2 heterocycles. The van der Waals surface area contributed by atoms with Crippen molar-refractivity contribution in [3.8, 4) is 5.75 Å². The van der Waals surface area contributed by atoms with Gasteiger partial charge >= 0.3 is 0 Å². The number of rotatable bonds is 10. The fourth-order valence-corrected chi connectivity index (χ4v) is 4.73. The summed E-state index contributed by atoms with van der Waals surface area (Å²) in [6.45, 7) is 4.80. The zero-order chi connectivity index (χ0) is 24.8. The lowest BCUT2D eigenvalue weighted by molar-refractivity contribution is -0.125. The van der Waals surface area contributed by atoms with Crippen molar-refractivity contribution in [2.45, 2.75) is 38.6 Å². The molecule has 0 spiro atoms. The van der Waals surface area contributed by atoms with Crippen molar-refractivity contribution in [3.05, 3.63) is 63.7 Å². The van der Waals surface area contributed by atoms with Gasteiger partial charge in [-0.25, -0.2) is 0 Å². The number of amides is 2. The molecule has 0 aliphatic carbocycles. The fourth-order valence-electron chi connectivity index (χ4n) is 4.50. The van der Waals surface area contributed by atoms with E-state index in [2.05, 4.69) is 22.3 Å². The van der Waals surface area contributed by atoms with Crippen LogP contribution in [0.4, 0.5) is 0 Å². The van der Waals surface area contributed by atoms with Gasteiger partial charge in [0.2, 0.25) is 5.91 Å². The largest absolute Gasteiger partial charge is 0.487 e. The van der Waals surface area contributed by atoms with Crippen LogP contribution < -0.4 is 10.1 Å². The molecule has 1 fully saturated rings. The van der Waals surface area contributed by atoms with E-state index in [1.807, 2.05) is 12.1 Å². The number of hydrogen-bond acceptors (Lipinski definition) is 6. The molecular weight excluding hydrogens is 470 g/mol. The second-order valence-corrected chi connectivity index (χ2v) is 9.11. The smallest absolute Gasteiger partial charge is 0.255 e. The van der Waals surface area contributed by atoms with Crippen LogP contribution in [0.15, 0.2) is 36.4 Å². The van der Waals surface area contributed by atoms with Gasteiger partial charge in [0.1, 0.15) is 24.7 Å². The number of morpholine rings is 1. The van der Waals surface area contributed by atoms with Crippen molar-refractivity contribution in [2.24, 2.45) is 0 Å². The van der Waals surface area contributed by atoms with Crippen LogP contribution in [0.5, 0.6) is 5.75 Å². The summed E-state index contributed by atoms with van der Waals surface area (Å²) in [4.78, 5) is 40.3. The van der Waals surface area contributed by atoms with E-state index in [1.165, 1.54) is 17.5 Å². The lowest BCUT2D eigenvalue weighted by Gasteiger charge is -2.26. The van der Waals surface area contributed by atoms with Crippen LogP contribution in [0, 0.1) is 0 Å². The molecule has 1 N–H and O–H groups in total. The second-order valence-electron chi connectivity index (χ2n) is 8.70. The summed E-state index contributed by atoms with van der Waals surface area (Å²) < 4.78 is 11.5. The van der Waals surface area contributed by atoms with Gasteiger partial charge in [-0.1, -0.05) is 35.9 Å². The van der Waals surface area contributed by atoms with Gasteiger partial charge in [-0.3, -0.25) is 14.5 Å². The van der Waals surface area contributed by atoms with Crippen molar-refractivity contribution in [1.29, 1.82) is 0 Å². The van der Waals surface area contributed by atoms with Gasteiger partial charge in [0.25, 0.3) is 5.91 Å². The number of ether oxygens (including phenoxy) is 2. The minimum atomic E-state index is -0.740. The van der Waals surface area contributed by atoms with Crippen LogP contribution in [-0.4, -0.2) is 67.3 Å². The van der Waals surface area contributed by atoms with Gasteiger partial charge in [0.15, 0.2) is 0 Å². The van der Waals surface area contributed by atoms with Crippen LogP contribution in [0.2, 0.25) is 5.02 Å². The summed E-state index contributed by atoms with van der Waals surface area (Å²) in [5.41, 5.74) is 3.34. The molecule has 2 aliphatic heterocycles. The molecule has 1 unspecified atom stereocenters. The lowest BCUT2D eigenvalue weighted by Crippen LogP contribution is -2.46. The standard InChI is InChI=1S/C26H30ClN3O5/c1-28-25(32)23(3-2-12-31)30-16-21-20(26(30)33)8-9-22(27)24(21)35-17-19-6-4-18(5-7-19)15-29-10-13-34-14-11-29/h4-9,12,23H,2-3,10-11,13-17H2,1H3,(H,28,32). The van der Waals surface area contributed by atoms with Crippen LogP contribution in [-0.2, 0) is 34.0 Å². The number of carbonyl (C=O) groups is 3. The Bertz CT molecular complexity index is 1070. The Morgan fingerprint density at radius 3 is 2.57 bits per heavy atom. The number of carbonyl (C=O) groups excluding carboxylic acids is 3. The van der Waals surface area contributed by atoms with E-state index in [0.29, 0.717) is 28.5 Å². The van der Waals surface area contributed by atoms with Gasteiger partial charge in [-0.05, 0) is 29.7 Å². The van der Waals surface area contributed by atoms with E-state index < -0.39 is 6.04 Å². The number of benzene rings is 2. The summed E-state index contributed by atoms with van der Waals surface area (Å²) in [5, 5.41) is 2.99. The predicted molar refractivity (Wildman–Crippen MR) is 131 cm³/mol. The summed E-state index contributed by atoms with van der Waals surface area (Å²) in [7, 11) is 1.52. The highest BCUT2D eigenvalue weighted by Crippen LogP contribution is 2.38. The normalized spacial score (nSPS) is 16.6. The van der Waals surface area contributed by atoms with Crippen molar-refractivity contribution >= 4 is 29.7 Å². The van der Waals surface area contributed by atoms with Crippen molar-refractivity contribution < 1.29 is 23.9 Å². The molecule has 2 aliphatic rings. The maximum Gasteiger partial charge on any atom is 0.255 e. The lowest BCUT2D eigenvalue weighted by atomic mass is 10.1. The van der Waals surface area contributed by atoms with Gasteiger partial charge in [-0.15, -0.1) is 0 Å². The zero-order valence-corrected chi connectivity index (χ0v) is 20.6. The molecule has 0 radical (unpaired) electrons. The topological polar surface area (TPSA) is 88.2 Å². The molecule has 186 valence electrons. The monoisotopic (exact) mass is 499 g/mol. The Morgan fingerprint density at radius 2 is 1.89 bits per heavy atom. The molecule has 1 atom stereocenters. The third-order valence-corrected chi connectivity index (χ3v) is 6.73. The van der Waals surface area contributed by atoms with E-state index in [1.54, 1.807) is 12.1 Å². The molecule has 0 aromatic heterocycles. The van der Waals surface area contributed by atoms with Crippen LogP contribution in [0.25, 0.3) is 0 Å².